The summed E-state index contributed by atoms with van der Waals surface area (Å²) >= 11 is 1.11. The van der Waals surface area contributed by atoms with E-state index in [2.05, 4.69) is 19.8 Å². The van der Waals surface area contributed by atoms with E-state index in [4.69, 9.17) is 14.6 Å². The maximum Gasteiger partial charge on any atom is 0.506 e. The molecule has 0 saturated heterocycles. The Morgan fingerprint density at radius 2 is 2.17 bits per heavy atom. The van der Waals surface area contributed by atoms with Gasteiger partial charge in [-0.05, 0) is 25.1 Å². The number of hydrogen-bond acceptors (Lipinski definition) is 8. The fourth-order valence-electron chi connectivity index (χ4n) is 1.87. The first-order valence-corrected chi connectivity index (χ1v) is 7.99. The highest BCUT2D eigenvalue weighted by Gasteiger charge is 2.18. The van der Waals surface area contributed by atoms with Crippen molar-refractivity contribution in [1.29, 1.82) is 0 Å². The number of nitrogens with zero attached hydrogens (tertiary/aromatic N) is 1. The molecule has 2 aromatic rings. The first-order chi connectivity index (χ1) is 11.5. The number of thioether (sulfide) groups is 1. The highest BCUT2D eigenvalue weighted by Crippen LogP contribution is 2.26. The molecule has 1 unspecified atom stereocenters. The molecule has 0 aliphatic carbocycles. The van der Waals surface area contributed by atoms with Crippen LogP contribution < -0.4 is 5.32 Å². The van der Waals surface area contributed by atoms with Gasteiger partial charge in [-0.3, -0.25) is 0 Å². The molecule has 0 aliphatic rings. The highest BCUT2D eigenvalue weighted by atomic mass is 32.2. The number of benzene rings is 1. The van der Waals surface area contributed by atoms with Gasteiger partial charge in [0.25, 0.3) is 5.22 Å². The molecular formula is C14H16N2O7S. The molecule has 24 heavy (non-hydrogen) atoms. The smallest absolute Gasteiger partial charge is 0.450 e. The van der Waals surface area contributed by atoms with Crippen molar-refractivity contribution in [2.45, 2.75) is 18.3 Å². The zero-order valence-electron chi connectivity index (χ0n) is 12.7. The molecule has 0 amide bonds. The van der Waals surface area contributed by atoms with Crippen molar-refractivity contribution < 1.29 is 33.7 Å². The van der Waals surface area contributed by atoms with Crippen LogP contribution in [-0.4, -0.2) is 52.5 Å². The van der Waals surface area contributed by atoms with Gasteiger partial charge >= 0.3 is 12.3 Å². The van der Waals surface area contributed by atoms with Crippen molar-refractivity contribution in [2.24, 2.45) is 0 Å². The predicted octanol–water partition coefficient (Wildman–Crippen LogP) is 3.11. The Balaban J connectivity index is 2.01. The molecule has 2 rings (SSSR count). The fourth-order valence-corrected chi connectivity index (χ4v) is 2.67. The highest BCUT2D eigenvalue weighted by molar-refractivity contribution is 7.99. The first kappa shape index (κ1) is 17.7. The number of hydrogen-bond donors (Lipinski definition) is 3. The molecule has 0 radical (unpaired) electrons. The summed E-state index contributed by atoms with van der Waals surface area (Å²) in [5.41, 5.74) is 2.17. The molecular weight excluding hydrogens is 340 g/mol. The molecule has 0 fully saturated rings. The summed E-state index contributed by atoms with van der Waals surface area (Å²) in [5.74, 6) is 0.104. The Morgan fingerprint density at radius 1 is 1.38 bits per heavy atom. The minimum Gasteiger partial charge on any atom is -0.450 e. The molecule has 0 saturated carbocycles. The van der Waals surface area contributed by atoms with E-state index in [-0.39, 0.29) is 5.75 Å². The van der Waals surface area contributed by atoms with Crippen LogP contribution in [0.1, 0.15) is 6.92 Å². The molecule has 1 aromatic heterocycles. The van der Waals surface area contributed by atoms with Gasteiger partial charge in [0.05, 0.1) is 0 Å². The van der Waals surface area contributed by atoms with E-state index in [9.17, 15) is 9.59 Å². The molecule has 130 valence electrons. The third-order valence-corrected chi connectivity index (χ3v) is 3.76. The molecule has 0 bridgehead atoms. The zero-order chi connectivity index (χ0) is 17.5. The summed E-state index contributed by atoms with van der Waals surface area (Å²) in [6.45, 7) is 2.36. The van der Waals surface area contributed by atoms with Crippen molar-refractivity contribution in [2.75, 3.05) is 24.2 Å². The van der Waals surface area contributed by atoms with Gasteiger partial charge in [-0.25, -0.2) is 14.6 Å². The average Bonchev–Trinajstić information content (AvgIpc) is 2.92. The molecule has 9 nitrogen and oxygen atoms in total. The molecule has 1 aromatic carbocycles. The summed E-state index contributed by atoms with van der Waals surface area (Å²) < 4.78 is 14.5. The fraction of sp³-hybridized carbons (Fsp3) is 0.357. The number of carbonyl (C=O) groups is 2. The van der Waals surface area contributed by atoms with Gasteiger partial charge in [-0.2, -0.15) is 0 Å². The summed E-state index contributed by atoms with van der Waals surface area (Å²) in [6, 6.07) is 5.48. The number of nitrogens with one attached hydrogen (secondary N) is 1. The van der Waals surface area contributed by atoms with Gasteiger partial charge in [0, 0.05) is 18.0 Å². The maximum atomic E-state index is 10.6. The summed E-state index contributed by atoms with van der Waals surface area (Å²) in [7, 11) is 0. The Bertz CT molecular complexity index is 718. The second-order valence-corrected chi connectivity index (χ2v) is 5.56. The Kier molecular flexibility index (Phi) is 6.13. The molecule has 0 spiro atoms. The van der Waals surface area contributed by atoms with E-state index in [1.54, 1.807) is 6.07 Å². The van der Waals surface area contributed by atoms with Crippen molar-refractivity contribution in [3.05, 3.63) is 18.2 Å². The van der Waals surface area contributed by atoms with E-state index < -0.39 is 25.0 Å². The number of rotatable bonds is 8. The van der Waals surface area contributed by atoms with E-state index in [1.807, 2.05) is 19.1 Å². The summed E-state index contributed by atoms with van der Waals surface area (Å²) in [5, 5.41) is 20.6. The number of aromatic nitrogens is 1. The van der Waals surface area contributed by atoms with Crippen LogP contribution in [0, 0.1) is 0 Å². The summed E-state index contributed by atoms with van der Waals surface area (Å²) in [6.07, 6.45) is -3.98. The monoisotopic (exact) mass is 356 g/mol. The summed E-state index contributed by atoms with van der Waals surface area (Å²) in [4.78, 5) is 25.3. The average molecular weight is 356 g/mol. The number of oxazole rings is 1. The van der Waals surface area contributed by atoms with Crippen LogP contribution in [0.5, 0.6) is 0 Å². The second-order valence-electron chi connectivity index (χ2n) is 4.59. The number of ether oxygens (including phenoxy) is 2. The van der Waals surface area contributed by atoms with Crippen LogP contribution in [-0.2, 0) is 9.47 Å². The van der Waals surface area contributed by atoms with E-state index in [0.29, 0.717) is 16.3 Å². The zero-order valence-corrected chi connectivity index (χ0v) is 13.5. The van der Waals surface area contributed by atoms with E-state index in [0.717, 1.165) is 24.0 Å². The van der Waals surface area contributed by atoms with Gasteiger partial charge in [-0.15, -0.1) is 0 Å². The Hall–Kier alpha value is -2.62. The second kappa shape index (κ2) is 8.29. The van der Waals surface area contributed by atoms with Crippen LogP contribution in [0.4, 0.5) is 15.3 Å². The Labute approximate surface area is 140 Å². The number of anilines is 1. The molecule has 0 aliphatic heterocycles. The standard InChI is InChI=1S/C14H16N2O7S/c1-2-15-8-3-4-11-10(5-8)16-12(23-11)24-7-9(22-14(19)20)6-21-13(17)18/h3-5,9,15H,2,6-7H2,1H3,(H,17,18)(H,19,20). The lowest BCUT2D eigenvalue weighted by atomic mass is 10.3. The van der Waals surface area contributed by atoms with Gasteiger partial charge in [0.1, 0.15) is 18.2 Å². The topological polar surface area (TPSA) is 131 Å². The molecule has 3 N–H and O–H groups in total. The minimum absolute atomic E-state index is 0.104. The van der Waals surface area contributed by atoms with Crippen molar-refractivity contribution in [1.82, 2.24) is 4.98 Å². The first-order valence-electron chi connectivity index (χ1n) is 7.00. The largest absolute Gasteiger partial charge is 0.506 e. The van der Waals surface area contributed by atoms with Gasteiger partial charge in [0.2, 0.25) is 0 Å². The van der Waals surface area contributed by atoms with Gasteiger partial charge in [0.15, 0.2) is 5.58 Å². The molecule has 10 heteroatoms. The number of carboxylic acid groups (broad SMARTS) is 2. The normalized spacial score (nSPS) is 11.9. The van der Waals surface area contributed by atoms with Crippen LogP contribution in [0.2, 0.25) is 0 Å². The molecule has 1 atom stereocenters. The molecule has 1 heterocycles. The lowest BCUT2D eigenvalue weighted by Crippen LogP contribution is -2.26. The van der Waals surface area contributed by atoms with Crippen LogP contribution in [0.3, 0.4) is 0 Å². The van der Waals surface area contributed by atoms with Crippen molar-refractivity contribution >= 4 is 40.9 Å². The van der Waals surface area contributed by atoms with Crippen molar-refractivity contribution in [3.63, 3.8) is 0 Å². The third-order valence-electron chi connectivity index (χ3n) is 2.80. The van der Waals surface area contributed by atoms with Crippen LogP contribution in [0.25, 0.3) is 11.1 Å². The SMILES string of the molecule is CCNc1ccc2oc(SCC(COC(=O)O)OC(=O)O)nc2c1. The third kappa shape index (κ3) is 5.23. The quantitative estimate of drug-likeness (QED) is 0.479. The predicted molar refractivity (Wildman–Crippen MR) is 85.8 cm³/mol. The van der Waals surface area contributed by atoms with E-state index >= 15 is 0 Å². The van der Waals surface area contributed by atoms with Crippen molar-refractivity contribution in [3.8, 4) is 0 Å². The Morgan fingerprint density at radius 3 is 2.83 bits per heavy atom. The minimum atomic E-state index is -1.51. The lowest BCUT2D eigenvalue weighted by Gasteiger charge is -2.13. The number of fused-ring (bicyclic) bond motifs is 1. The lowest BCUT2D eigenvalue weighted by molar-refractivity contribution is 0.0140. The van der Waals surface area contributed by atoms with Crippen LogP contribution in [0.15, 0.2) is 27.8 Å². The van der Waals surface area contributed by atoms with Crippen LogP contribution >= 0.6 is 11.8 Å². The maximum absolute atomic E-state index is 10.6. The van der Waals surface area contributed by atoms with Gasteiger partial charge < -0.3 is 29.4 Å². The van der Waals surface area contributed by atoms with Gasteiger partial charge in [-0.1, -0.05) is 11.8 Å². The van der Waals surface area contributed by atoms with E-state index in [1.165, 1.54) is 0 Å².